The maximum absolute atomic E-state index is 5.18. The molecular formula is C17H24FNOS. The van der Waals surface area contributed by atoms with Gasteiger partial charge in [0, 0.05) is 18.8 Å². The molecule has 0 spiro atoms. The smallest absolute Gasteiger partial charge is 0.103 e. The van der Waals surface area contributed by atoms with Crippen molar-refractivity contribution >= 4 is 11.3 Å². The molecule has 3 heterocycles. The average molecular weight is 309 g/mol. The number of nitrogens with one attached hydrogen (secondary N) is 1. The molecule has 0 bridgehead atoms. The minimum absolute atomic E-state index is 0. The van der Waals surface area contributed by atoms with Gasteiger partial charge in [0.15, 0.2) is 0 Å². The Kier molecular flexibility index (Phi) is 13.3. The van der Waals surface area contributed by atoms with Crippen molar-refractivity contribution in [3.63, 3.8) is 0 Å². The maximum atomic E-state index is 5.18. The number of hydrogen-bond acceptors (Lipinski definition) is 2. The molecule has 21 heavy (non-hydrogen) atoms. The van der Waals surface area contributed by atoms with E-state index < -0.39 is 0 Å². The predicted octanol–water partition coefficient (Wildman–Crippen LogP) is 5.93. The van der Waals surface area contributed by atoms with Crippen LogP contribution in [0.25, 0.3) is 0 Å². The van der Waals surface area contributed by atoms with E-state index in [2.05, 4.69) is 11.9 Å². The van der Waals surface area contributed by atoms with Gasteiger partial charge in [0.2, 0.25) is 0 Å². The minimum Gasteiger partial charge on any atom is -0.469 e. The molecule has 4 heteroatoms. The summed E-state index contributed by atoms with van der Waals surface area (Å²) in [5, 5.41) is 4.08. The number of thiophene rings is 1. The summed E-state index contributed by atoms with van der Waals surface area (Å²) in [6, 6.07) is 11.9. The molecule has 0 aliphatic heterocycles. The minimum atomic E-state index is 0. The van der Waals surface area contributed by atoms with Gasteiger partial charge >= 0.3 is 0 Å². The Labute approximate surface area is 130 Å². The van der Waals surface area contributed by atoms with Crippen LogP contribution in [0.1, 0.15) is 31.9 Å². The third-order valence-electron chi connectivity index (χ3n) is 2.53. The Balaban J connectivity index is 0.000000307. The van der Waals surface area contributed by atoms with Crippen LogP contribution in [0.2, 0.25) is 0 Å². The van der Waals surface area contributed by atoms with Gasteiger partial charge in [-0.15, -0.1) is 0 Å². The predicted molar refractivity (Wildman–Crippen MR) is 89.6 cm³/mol. The SMILES string of the molecule is CCCCCc1ccco1.F.c1cc[nH]c1.c1ccsc1. The molecule has 0 unspecified atom stereocenters. The van der Waals surface area contributed by atoms with E-state index in [0.717, 1.165) is 12.2 Å². The molecule has 3 aromatic rings. The fraction of sp³-hybridized carbons (Fsp3) is 0.294. The number of aromatic amines is 1. The number of furan rings is 1. The zero-order chi connectivity index (χ0) is 14.3. The van der Waals surface area contributed by atoms with Gasteiger partial charge in [-0.3, -0.25) is 4.70 Å². The summed E-state index contributed by atoms with van der Waals surface area (Å²) >= 11 is 1.71. The van der Waals surface area contributed by atoms with E-state index in [1.165, 1.54) is 19.3 Å². The Morgan fingerprint density at radius 1 is 1.00 bits per heavy atom. The van der Waals surface area contributed by atoms with Gasteiger partial charge in [-0.2, -0.15) is 11.3 Å². The van der Waals surface area contributed by atoms with Crippen LogP contribution in [0, 0.1) is 0 Å². The fourth-order valence-corrected chi connectivity index (χ4v) is 1.96. The molecule has 0 aliphatic carbocycles. The van der Waals surface area contributed by atoms with Crippen molar-refractivity contribution in [1.82, 2.24) is 4.98 Å². The third-order valence-corrected chi connectivity index (χ3v) is 3.16. The monoisotopic (exact) mass is 309 g/mol. The van der Waals surface area contributed by atoms with Crippen molar-refractivity contribution in [2.75, 3.05) is 0 Å². The molecule has 0 aromatic carbocycles. The summed E-state index contributed by atoms with van der Waals surface area (Å²) in [6.45, 7) is 2.21. The summed E-state index contributed by atoms with van der Waals surface area (Å²) < 4.78 is 5.18. The van der Waals surface area contributed by atoms with E-state index >= 15 is 0 Å². The number of aryl methyl sites for hydroxylation is 1. The van der Waals surface area contributed by atoms with Crippen LogP contribution < -0.4 is 0 Å². The first kappa shape index (κ1) is 19.2. The Morgan fingerprint density at radius 2 is 1.71 bits per heavy atom. The second-order valence-electron chi connectivity index (χ2n) is 4.21. The summed E-state index contributed by atoms with van der Waals surface area (Å²) in [5.41, 5.74) is 0. The van der Waals surface area contributed by atoms with Crippen LogP contribution in [-0.2, 0) is 6.42 Å². The van der Waals surface area contributed by atoms with E-state index in [1.54, 1.807) is 17.6 Å². The van der Waals surface area contributed by atoms with Crippen LogP contribution in [-0.4, -0.2) is 4.98 Å². The molecular weight excluding hydrogens is 285 g/mol. The lowest BCUT2D eigenvalue weighted by molar-refractivity contribution is 0.497. The van der Waals surface area contributed by atoms with Crippen LogP contribution in [0.4, 0.5) is 4.70 Å². The molecule has 0 atom stereocenters. The molecule has 0 fully saturated rings. The van der Waals surface area contributed by atoms with Crippen molar-refractivity contribution in [3.05, 3.63) is 71.6 Å². The first-order chi connectivity index (χ1) is 9.93. The van der Waals surface area contributed by atoms with E-state index in [4.69, 9.17) is 4.42 Å². The number of aromatic nitrogens is 1. The first-order valence-corrected chi connectivity index (χ1v) is 7.95. The highest BCUT2D eigenvalue weighted by atomic mass is 32.1. The number of halogens is 1. The number of unbranched alkanes of at least 4 members (excludes halogenated alkanes) is 2. The molecule has 2 nitrogen and oxygen atoms in total. The largest absolute Gasteiger partial charge is 0.469 e. The number of hydrogen-bond donors (Lipinski definition) is 1. The second kappa shape index (κ2) is 14.6. The summed E-state index contributed by atoms with van der Waals surface area (Å²) in [7, 11) is 0. The van der Waals surface area contributed by atoms with E-state index in [1.807, 2.05) is 59.6 Å². The Bertz CT molecular complexity index is 402. The lowest BCUT2D eigenvalue weighted by atomic mass is 10.2. The molecule has 0 saturated carbocycles. The normalized spacial score (nSPS) is 8.62. The van der Waals surface area contributed by atoms with Gasteiger partial charge < -0.3 is 9.40 Å². The molecule has 0 saturated heterocycles. The van der Waals surface area contributed by atoms with Crippen molar-refractivity contribution in [3.8, 4) is 0 Å². The molecule has 0 amide bonds. The van der Waals surface area contributed by atoms with Gasteiger partial charge in [-0.25, -0.2) is 0 Å². The fourth-order valence-electron chi connectivity index (χ4n) is 1.51. The number of rotatable bonds is 4. The van der Waals surface area contributed by atoms with E-state index in [-0.39, 0.29) is 4.70 Å². The van der Waals surface area contributed by atoms with Crippen LogP contribution in [0.5, 0.6) is 0 Å². The van der Waals surface area contributed by atoms with Gasteiger partial charge in [-0.1, -0.05) is 31.9 Å². The summed E-state index contributed by atoms with van der Waals surface area (Å²) in [4.78, 5) is 2.86. The molecule has 1 N–H and O–H groups in total. The second-order valence-corrected chi connectivity index (χ2v) is 5.03. The standard InChI is InChI=1S/C9H14O.C4H5N.C4H4S.FH/c1-2-3-4-6-9-7-5-8-10-9;2*1-2-4-5-3-1;/h5,7-8H,2-4,6H2,1H3;1-5H;1-4H;1H. The van der Waals surface area contributed by atoms with Gasteiger partial charge in [0.25, 0.3) is 0 Å². The highest BCUT2D eigenvalue weighted by molar-refractivity contribution is 7.07. The molecule has 3 rings (SSSR count). The zero-order valence-electron chi connectivity index (χ0n) is 12.4. The summed E-state index contributed by atoms with van der Waals surface area (Å²) in [5.74, 6) is 1.12. The van der Waals surface area contributed by atoms with Crippen LogP contribution in [0.3, 0.4) is 0 Å². The van der Waals surface area contributed by atoms with Gasteiger partial charge in [0.1, 0.15) is 5.76 Å². The highest BCUT2D eigenvalue weighted by Crippen LogP contribution is 2.06. The van der Waals surface area contributed by atoms with Crippen molar-refractivity contribution in [2.45, 2.75) is 32.6 Å². The van der Waals surface area contributed by atoms with Gasteiger partial charge in [-0.05, 0) is 41.4 Å². The molecule has 3 aromatic heterocycles. The Hall–Kier alpha value is -1.81. The van der Waals surface area contributed by atoms with Crippen molar-refractivity contribution in [1.29, 1.82) is 0 Å². The van der Waals surface area contributed by atoms with Crippen molar-refractivity contribution in [2.24, 2.45) is 0 Å². The average Bonchev–Trinajstić information content (AvgIpc) is 3.24. The van der Waals surface area contributed by atoms with Gasteiger partial charge in [0.05, 0.1) is 6.26 Å². The molecule has 116 valence electrons. The highest BCUT2D eigenvalue weighted by Gasteiger charge is 1.92. The summed E-state index contributed by atoms with van der Waals surface area (Å²) in [6.07, 6.45) is 10.4. The number of H-pyrrole nitrogens is 1. The lowest BCUT2D eigenvalue weighted by Gasteiger charge is -1.93. The third kappa shape index (κ3) is 11.7. The molecule has 0 aliphatic rings. The lowest BCUT2D eigenvalue weighted by Crippen LogP contribution is -1.80. The molecule has 0 radical (unpaired) electrons. The van der Waals surface area contributed by atoms with E-state index in [9.17, 15) is 0 Å². The zero-order valence-corrected chi connectivity index (χ0v) is 13.2. The van der Waals surface area contributed by atoms with Crippen LogP contribution >= 0.6 is 11.3 Å². The first-order valence-electron chi connectivity index (χ1n) is 7.00. The van der Waals surface area contributed by atoms with Crippen LogP contribution in [0.15, 0.2) is 70.2 Å². The maximum Gasteiger partial charge on any atom is 0.103 e. The van der Waals surface area contributed by atoms with Crippen molar-refractivity contribution < 1.29 is 9.12 Å². The Morgan fingerprint density at radius 3 is 2.10 bits per heavy atom. The topological polar surface area (TPSA) is 28.9 Å². The van der Waals surface area contributed by atoms with E-state index in [0.29, 0.717) is 0 Å². The quantitative estimate of drug-likeness (QED) is 0.595.